The monoisotopic (exact) mass is 275 g/mol. The number of hydrogen-bond acceptors (Lipinski definition) is 2. The zero-order chi connectivity index (χ0) is 14.3. The molecule has 0 spiro atoms. The number of halogens is 3. The Bertz CT molecular complexity index is 391. The first-order chi connectivity index (χ1) is 8.99. The third-order valence-corrected chi connectivity index (χ3v) is 2.75. The first kappa shape index (κ1) is 15.8. The van der Waals surface area contributed by atoms with Gasteiger partial charge in [-0.3, -0.25) is 0 Å². The van der Waals surface area contributed by atoms with Gasteiger partial charge in [0.2, 0.25) is 0 Å². The Morgan fingerprint density at radius 3 is 2.53 bits per heavy atom. The van der Waals surface area contributed by atoms with Gasteiger partial charge >= 0.3 is 6.18 Å². The minimum absolute atomic E-state index is 0.509. The Morgan fingerprint density at radius 2 is 1.95 bits per heavy atom. The van der Waals surface area contributed by atoms with E-state index in [2.05, 4.69) is 0 Å². The summed E-state index contributed by atoms with van der Waals surface area (Å²) >= 11 is 0. The minimum atomic E-state index is -4.31. The van der Waals surface area contributed by atoms with Crippen molar-refractivity contribution in [3.8, 4) is 5.75 Å². The number of alkyl halides is 3. The Balaban J connectivity index is 2.90. The van der Waals surface area contributed by atoms with Crippen molar-refractivity contribution in [3.63, 3.8) is 0 Å². The van der Waals surface area contributed by atoms with Gasteiger partial charge in [-0.05, 0) is 56.0 Å². The van der Waals surface area contributed by atoms with Crippen LogP contribution in [0, 0.1) is 0 Å². The molecule has 19 heavy (non-hydrogen) atoms. The third-order valence-electron chi connectivity index (χ3n) is 2.75. The summed E-state index contributed by atoms with van der Waals surface area (Å²) in [5, 5.41) is 0. The normalized spacial score (nSPS) is 11.6. The lowest BCUT2D eigenvalue weighted by Gasteiger charge is -2.14. The molecule has 1 aromatic rings. The molecule has 1 aromatic carbocycles. The van der Waals surface area contributed by atoms with Crippen LogP contribution in [0.2, 0.25) is 0 Å². The van der Waals surface area contributed by atoms with Crippen LogP contribution in [0.25, 0.3) is 0 Å². The number of aryl methyl sites for hydroxylation is 1. The molecule has 2 nitrogen and oxygen atoms in total. The van der Waals surface area contributed by atoms with Crippen molar-refractivity contribution in [3.05, 3.63) is 29.3 Å². The predicted molar refractivity (Wildman–Crippen MR) is 69.2 cm³/mol. The number of unbranched alkanes of at least 4 members (excludes halogenated alkanes) is 1. The van der Waals surface area contributed by atoms with E-state index >= 15 is 0 Å². The van der Waals surface area contributed by atoms with Crippen LogP contribution in [0.15, 0.2) is 18.2 Å². The van der Waals surface area contributed by atoms with Crippen LogP contribution in [-0.4, -0.2) is 13.2 Å². The first-order valence-corrected chi connectivity index (χ1v) is 6.52. The molecule has 0 aliphatic rings. The number of ether oxygens (including phenoxy) is 1. The topological polar surface area (TPSA) is 35.2 Å². The van der Waals surface area contributed by atoms with Crippen LogP contribution >= 0.6 is 0 Å². The molecule has 0 saturated heterocycles. The lowest BCUT2D eigenvalue weighted by Crippen LogP contribution is -2.07. The Morgan fingerprint density at radius 1 is 1.21 bits per heavy atom. The average Bonchev–Trinajstić information content (AvgIpc) is 2.36. The third kappa shape index (κ3) is 5.11. The zero-order valence-corrected chi connectivity index (χ0v) is 11.1. The Kier molecular flexibility index (Phi) is 6.15. The maximum atomic E-state index is 12.7. The molecule has 5 heteroatoms. The Hall–Kier alpha value is -1.23. The molecule has 0 bridgehead atoms. The minimum Gasteiger partial charge on any atom is -0.493 e. The van der Waals surface area contributed by atoms with E-state index in [9.17, 15) is 13.2 Å². The molecule has 0 saturated carbocycles. The largest absolute Gasteiger partial charge is 0.493 e. The molecule has 0 aliphatic carbocycles. The summed E-state index contributed by atoms with van der Waals surface area (Å²) in [4.78, 5) is 0. The molecule has 0 atom stereocenters. The number of hydrogen-bond donors (Lipinski definition) is 1. The predicted octanol–water partition coefficient (Wildman–Crippen LogP) is 3.78. The molecule has 0 heterocycles. The van der Waals surface area contributed by atoms with Gasteiger partial charge in [0.25, 0.3) is 0 Å². The van der Waals surface area contributed by atoms with Crippen LogP contribution in [0.3, 0.4) is 0 Å². The Labute approximate surface area is 111 Å². The van der Waals surface area contributed by atoms with Crippen molar-refractivity contribution in [2.24, 2.45) is 5.73 Å². The molecular formula is C14H20F3NO. The fourth-order valence-electron chi connectivity index (χ4n) is 1.76. The number of nitrogens with two attached hydrogens (primary N) is 1. The van der Waals surface area contributed by atoms with Crippen LogP contribution < -0.4 is 10.5 Å². The second-order valence-corrected chi connectivity index (χ2v) is 4.41. The quantitative estimate of drug-likeness (QED) is 0.769. The molecule has 0 radical (unpaired) electrons. The molecule has 0 amide bonds. The number of rotatable bonds is 7. The highest BCUT2D eigenvalue weighted by atomic mass is 19.4. The first-order valence-electron chi connectivity index (χ1n) is 6.52. The van der Waals surface area contributed by atoms with Gasteiger partial charge in [-0.1, -0.05) is 6.92 Å². The highest BCUT2D eigenvalue weighted by molar-refractivity contribution is 5.38. The van der Waals surface area contributed by atoms with E-state index in [1.807, 2.05) is 6.92 Å². The van der Waals surface area contributed by atoms with Gasteiger partial charge in [-0.25, -0.2) is 0 Å². The highest BCUT2D eigenvalue weighted by Gasteiger charge is 2.31. The van der Waals surface area contributed by atoms with Crippen molar-refractivity contribution in [1.29, 1.82) is 0 Å². The van der Waals surface area contributed by atoms with Crippen molar-refractivity contribution < 1.29 is 17.9 Å². The smallest absolute Gasteiger partial charge is 0.416 e. The van der Waals surface area contributed by atoms with Crippen molar-refractivity contribution in [2.45, 2.75) is 38.8 Å². The van der Waals surface area contributed by atoms with Crippen molar-refractivity contribution in [2.75, 3.05) is 13.2 Å². The highest BCUT2D eigenvalue weighted by Crippen LogP contribution is 2.33. The van der Waals surface area contributed by atoms with Crippen LogP contribution in [0.4, 0.5) is 13.2 Å². The maximum Gasteiger partial charge on any atom is 0.416 e. The molecule has 0 aliphatic heterocycles. The molecule has 0 aromatic heterocycles. The van der Waals surface area contributed by atoms with Crippen LogP contribution in [-0.2, 0) is 12.6 Å². The van der Waals surface area contributed by atoms with E-state index in [4.69, 9.17) is 10.5 Å². The average molecular weight is 275 g/mol. The van der Waals surface area contributed by atoms with E-state index in [-0.39, 0.29) is 0 Å². The lowest BCUT2D eigenvalue weighted by molar-refractivity contribution is -0.137. The van der Waals surface area contributed by atoms with Gasteiger partial charge in [-0.2, -0.15) is 13.2 Å². The summed E-state index contributed by atoms with van der Waals surface area (Å²) in [6.45, 7) is 3.01. The molecule has 0 unspecified atom stereocenters. The van der Waals surface area contributed by atoms with E-state index in [1.54, 1.807) is 0 Å². The fraction of sp³-hybridized carbons (Fsp3) is 0.571. The van der Waals surface area contributed by atoms with E-state index in [0.717, 1.165) is 25.3 Å². The lowest BCUT2D eigenvalue weighted by atomic mass is 10.0. The van der Waals surface area contributed by atoms with E-state index in [1.165, 1.54) is 12.1 Å². The summed E-state index contributed by atoms with van der Waals surface area (Å²) in [6, 6.07) is 3.66. The summed E-state index contributed by atoms with van der Waals surface area (Å²) < 4.78 is 43.5. The molecule has 108 valence electrons. The summed E-state index contributed by atoms with van der Waals surface area (Å²) in [5.74, 6) is 0.548. The van der Waals surface area contributed by atoms with Gasteiger partial charge in [0.05, 0.1) is 12.2 Å². The standard InChI is InChI=1S/C14H20F3NO/c1-2-9-19-13-7-6-12(14(15,16)17)10-11(13)5-3-4-8-18/h6-7,10H,2-5,8-9,18H2,1H3. The van der Waals surface area contributed by atoms with Crippen LogP contribution in [0.1, 0.15) is 37.3 Å². The molecule has 2 N–H and O–H groups in total. The van der Waals surface area contributed by atoms with Gasteiger partial charge in [0.1, 0.15) is 5.75 Å². The molecule has 0 fully saturated rings. The SMILES string of the molecule is CCCOc1ccc(C(F)(F)F)cc1CCCCN. The second-order valence-electron chi connectivity index (χ2n) is 4.41. The van der Waals surface area contributed by atoms with Gasteiger partial charge < -0.3 is 10.5 Å². The summed E-state index contributed by atoms with van der Waals surface area (Å²) in [5.41, 5.74) is 5.38. The zero-order valence-electron chi connectivity index (χ0n) is 11.1. The summed E-state index contributed by atoms with van der Waals surface area (Å²) in [7, 11) is 0. The second kappa shape index (κ2) is 7.38. The number of benzene rings is 1. The van der Waals surface area contributed by atoms with E-state index < -0.39 is 11.7 Å². The molecular weight excluding hydrogens is 255 g/mol. The van der Waals surface area contributed by atoms with E-state index in [0.29, 0.717) is 30.9 Å². The fourth-order valence-corrected chi connectivity index (χ4v) is 1.76. The van der Waals surface area contributed by atoms with Gasteiger partial charge in [-0.15, -0.1) is 0 Å². The van der Waals surface area contributed by atoms with Crippen LogP contribution in [0.5, 0.6) is 5.75 Å². The van der Waals surface area contributed by atoms with Crippen molar-refractivity contribution >= 4 is 0 Å². The summed E-state index contributed by atoms with van der Waals surface area (Å²) in [6.07, 6.45) is -1.38. The van der Waals surface area contributed by atoms with Crippen molar-refractivity contribution in [1.82, 2.24) is 0 Å². The van der Waals surface area contributed by atoms with Gasteiger partial charge in [0.15, 0.2) is 0 Å². The molecule has 1 rings (SSSR count). The van der Waals surface area contributed by atoms with Gasteiger partial charge in [0, 0.05) is 0 Å². The maximum absolute atomic E-state index is 12.7.